The van der Waals surface area contributed by atoms with Gasteiger partial charge in [0.15, 0.2) is 0 Å². The Morgan fingerprint density at radius 1 is 1.00 bits per heavy atom. The Bertz CT molecular complexity index is 627. The summed E-state index contributed by atoms with van der Waals surface area (Å²) in [6, 6.07) is 15.5. The van der Waals surface area contributed by atoms with Gasteiger partial charge in [0.2, 0.25) is 6.29 Å². The Hall–Kier alpha value is -2.33. The molecule has 0 amide bonds. The summed E-state index contributed by atoms with van der Waals surface area (Å²) >= 11 is 0. The molecule has 1 heteroatoms. The number of hydrogen-bond acceptors (Lipinski definition) is 1. The monoisotopic (exact) mass is 261 g/mol. The van der Waals surface area contributed by atoms with Crippen molar-refractivity contribution in [2.24, 2.45) is 0 Å². The van der Waals surface area contributed by atoms with E-state index in [1.165, 1.54) is 6.42 Å². The molecule has 0 aliphatic rings. The van der Waals surface area contributed by atoms with Crippen molar-refractivity contribution in [2.75, 3.05) is 0 Å². The molecule has 2 rings (SSSR count). The van der Waals surface area contributed by atoms with E-state index in [0.29, 0.717) is 5.56 Å². The molecule has 0 bridgehead atoms. The van der Waals surface area contributed by atoms with E-state index in [1.807, 2.05) is 48.8 Å². The third-order valence-corrected chi connectivity index (χ3v) is 3.12. The average molecular weight is 261 g/mol. The quantitative estimate of drug-likeness (QED) is 0.590. The van der Waals surface area contributed by atoms with Crippen LogP contribution < -0.4 is 0 Å². The van der Waals surface area contributed by atoms with Crippen LogP contribution in [0.15, 0.2) is 48.5 Å². The van der Waals surface area contributed by atoms with Crippen LogP contribution in [0.25, 0.3) is 11.1 Å². The van der Waals surface area contributed by atoms with Gasteiger partial charge in [-0.15, -0.1) is 0 Å². The molecule has 0 saturated heterocycles. The number of hydrogen-bond donors (Lipinski definition) is 0. The van der Waals surface area contributed by atoms with Crippen LogP contribution in [-0.2, 0) is 4.79 Å². The summed E-state index contributed by atoms with van der Waals surface area (Å²) in [5.41, 5.74) is 3.53. The molecule has 0 aliphatic carbocycles. The van der Waals surface area contributed by atoms with Crippen LogP contribution >= 0.6 is 0 Å². The van der Waals surface area contributed by atoms with Crippen LogP contribution in [-0.4, -0.2) is 6.29 Å². The summed E-state index contributed by atoms with van der Waals surface area (Å²) in [5.74, 6) is 6.33. The van der Waals surface area contributed by atoms with Crippen molar-refractivity contribution >= 4 is 6.29 Å². The minimum atomic E-state index is 0.592. The highest BCUT2D eigenvalue weighted by atomic mass is 16.1. The summed E-state index contributed by atoms with van der Waals surface area (Å²) in [5, 5.41) is 0. The van der Waals surface area contributed by atoms with Crippen molar-refractivity contribution in [1.29, 1.82) is 0 Å². The van der Waals surface area contributed by atoms with Gasteiger partial charge in [-0.1, -0.05) is 61.6 Å². The topological polar surface area (TPSA) is 17.1 Å². The highest BCUT2D eigenvalue weighted by molar-refractivity contribution is 5.87. The molecule has 20 heavy (non-hydrogen) atoms. The van der Waals surface area contributed by atoms with E-state index in [4.69, 9.17) is 0 Å². The molecular weight excluding hydrogens is 244 g/mol. The highest BCUT2D eigenvalue weighted by Gasteiger charge is 2.03. The van der Waals surface area contributed by atoms with Crippen molar-refractivity contribution in [1.82, 2.24) is 0 Å². The van der Waals surface area contributed by atoms with Gasteiger partial charge < -0.3 is 0 Å². The first-order valence-corrected chi connectivity index (χ1v) is 6.91. The van der Waals surface area contributed by atoms with Gasteiger partial charge in [-0.25, -0.2) is 0 Å². The molecule has 0 aliphatic heterocycles. The zero-order valence-electron chi connectivity index (χ0n) is 11.6. The van der Waals surface area contributed by atoms with Crippen LogP contribution in [0.5, 0.6) is 0 Å². The van der Waals surface area contributed by atoms with Gasteiger partial charge in [-0.05, 0) is 29.7 Å². The number of carbonyl (C=O) groups excluding carboxylic acids is 1. The van der Waals surface area contributed by atoms with Crippen LogP contribution in [0.2, 0.25) is 0 Å². The third kappa shape index (κ3) is 3.59. The first-order valence-electron chi connectivity index (χ1n) is 6.91. The fourth-order valence-corrected chi connectivity index (χ4v) is 1.99. The van der Waals surface area contributed by atoms with Crippen molar-refractivity contribution in [3.63, 3.8) is 0 Å². The maximum absolute atomic E-state index is 10.9. The summed E-state index contributed by atoms with van der Waals surface area (Å²) in [6.07, 6.45) is 5.24. The van der Waals surface area contributed by atoms with Gasteiger partial charge in [-0.3, -0.25) is 4.79 Å². The van der Waals surface area contributed by atoms with Crippen LogP contribution in [0.3, 0.4) is 0 Å². The summed E-state index contributed by atoms with van der Waals surface area (Å²) in [7, 11) is 0. The molecule has 0 spiro atoms. The normalized spacial score (nSPS) is 9.65. The molecule has 0 heterocycles. The minimum absolute atomic E-state index is 0.592. The van der Waals surface area contributed by atoms with Gasteiger partial charge in [0.25, 0.3) is 0 Å². The predicted octanol–water partition coefficient (Wildman–Crippen LogP) is 4.35. The largest absolute Gasteiger partial charge is 0.285 e. The Morgan fingerprint density at radius 2 is 1.75 bits per heavy atom. The second-order valence-electron chi connectivity index (χ2n) is 4.63. The van der Waals surface area contributed by atoms with Gasteiger partial charge in [-0.2, -0.15) is 0 Å². The van der Waals surface area contributed by atoms with Crippen LogP contribution in [0, 0.1) is 11.8 Å². The number of rotatable bonds is 4. The third-order valence-electron chi connectivity index (χ3n) is 3.12. The predicted molar refractivity (Wildman–Crippen MR) is 83.1 cm³/mol. The smallest absolute Gasteiger partial charge is 0.234 e. The lowest BCUT2D eigenvalue weighted by molar-refractivity contribution is 0.563. The summed E-state index contributed by atoms with van der Waals surface area (Å²) in [4.78, 5) is 10.9. The molecule has 2 aromatic carbocycles. The van der Waals surface area contributed by atoms with Crippen LogP contribution in [0.4, 0.5) is 0 Å². The van der Waals surface area contributed by atoms with Crippen molar-refractivity contribution in [3.05, 3.63) is 59.7 Å². The molecule has 0 atom stereocenters. The maximum Gasteiger partial charge on any atom is 0.234 e. The maximum atomic E-state index is 10.9. The lowest BCUT2D eigenvalue weighted by Gasteiger charge is -2.04. The molecule has 0 N–H and O–H groups in total. The van der Waals surface area contributed by atoms with Crippen LogP contribution in [0.1, 0.15) is 37.3 Å². The molecule has 2 aromatic rings. The first-order chi connectivity index (χ1) is 9.85. The number of unbranched alkanes of at least 4 members (excludes halogenated alkanes) is 2. The molecule has 1 radical (unpaired) electrons. The second-order valence-corrected chi connectivity index (χ2v) is 4.63. The SMILES string of the molecule is CCCCC#Cc1ccc(-c2ccccc2[C]=O)cc1. The van der Waals surface area contributed by atoms with Crippen molar-refractivity contribution < 1.29 is 4.79 Å². The van der Waals surface area contributed by atoms with Gasteiger partial charge in [0, 0.05) is 17.5 Å². The number of benzene rings is 2. The Labute approximate surface area is 120 Å². The fourth-order valence-electron chi connectivity index (χ4n) is 1.99. The average Bonchev–Trinajstić information content (AvgIpc) is 2.52. The zero-order chi connectivity index (χ0) is 14.2. The van der Waals surface area contributed by atoms with Crippen molar-refractivity contribution in [2.45, 2.75) is 26.2 Å². The Kier molecular flexibility index (Phi) is 5.15. The lowest BCUT2D eigenvalue weighted by Crippen LogP contribution is -1.87. The first kappa shape index (κ1) is 14.1. The molecule has 0 aromatic heterocycles. The highest BCUT2D eigenvalue weighted by Crippen LogP contribution is 2.22. The van der Waals surface area contributed by atoms with Gasteiger partial charge in [0.05, 0.1) is 0 Å². The van der Waals surface area contributed by atoms with E-state index >= 15 is 0 Å². The molecule has 1 nitrogen and oxygen atoms in total. The van der Waals surface area contributed by atoms with E-state index in [9.17, 15) is 4.79 Å². The lowest BCUT2D eigenvalue weighted by atomic mass is 9.99. The summed E-state index contributed by atoms with van der Waals surface area (Å²) in [6.45, 7) is 2.16. The molecule has 0 saturated carbocycles. The van der Waals surface area contributed by atoms with E-state index in [2.05, 4.69) is 18.8 Å². The van der Waals surface area contributed by atoms with Crippen molar-refractivity contribution in [3.8, 4) is 23.0 Å². The molecule has 0 fully saturated rings. The Balaban J connectivity index is 2.19. The second kappa shape index (κ2) is 7.31. The minimum Gasteiger partial charge on any atom is -0.285 e. The molecule has 99 valence electrons. The van der Waals surface area contributed by atoms with E-state index in [0.717, 1.165) is 29.5 Å². The molecule has 0 unspecified atom stereocenters. The van der Waals surface area contributed by atoms with Gasteiger partial charge in [0.1, 0.15) is 0 Å². The van der Waals surface area contributed by atoms with Gasteiger partial charge >= 0.3 is 0 Å². The Morgan fingerprint density at radius 3 is 2.45 bits per heavy atom. The molecular formula is C19H17O. The van der Waals surface area contributed by atoms with E-state index in [-0.39, 0.29) is 0 Å². The standard InChI is InChI=1S/C19H17O/c1-2-3-4-5-8-16-11-13-17(14-12-16)19-10-7-6-9-18(19)15-20/h6-7,9-14H,2-4H2,1H3. The zero-order valence-corrected chi connectivity index (χ0v) is 11.6. The fraction of sp³-hybridized carbons (Fsp3) is 0.211. The van der Waals surface area contributed by atoms with E-state index < -0.39 is 0 Å². The summed E-state index contributed by atoms with van der Waals surface area (Å²) < 4.78 is 0. The van der Waals surface area contributed by atoms with E-state index in [1.54, 1.807) is 6.07 Å².